The summed E-state index contributed by atoms with van der Waals surface area (Å²) < 4.78 is 27.5. The van der Waals surface area contributed by atoms with E-state index in [9.17, 15) is 8.42 Å². The Morgan fingerprint density at radius 1 is 1.33 bits per heavy atom. The van der Waals surface area contributed by atoms with E-state index in [4.69, 9.17) is 11.6 Å². The molecule has 2 rings (SSSR count). The minimum Gasteiger partial charge on any atom is -0.313 e. The lowest BCUT2D eigenvalue weighted by Crippen LogP contribution is -2.43. The maximum atomic E-state index is 12.4. The normalized spacial score (nSPS) is 22.0. The van der Waals surface area contributed by atoms with E-state index in [1.807, 2.05) is 0 Å². The fourth-order valence-corrected chi connectivity index (χ4v) is 4.04. The Balaban J connectivity index is 2.09. The van der Waals surface area contributed by atoms with Gasteiger partial charge in [0.05, 0.1) is 4.90 Å². The third-order valence-electron chi connectivity index (χ3n) is 3.77. The van der Waals surface area contributed by atoms with Crippen LogP contribution in [-0.4, -0.2) is 21.0 Å². The van der Waals surface area contributed by atoms with Crippen LogP contribution in [0.4, 0.5) is 0 Å². The number of hydrogen-bond donors (Lipinski definition) is 2. The van der Waals surface area contributed by atoms with Crippen molar-refractivity contribution in [1.82, 2.24) is 10.0 Å². The Kier molecular flexibility index (Phi) is 5.66. The molecule has 1 aliphatic rings. The van der Waals surface area contributed by atoms with E-state index in [0.717, 1.165) is 31.4 Å². The molecule has 0 bridgehead atoms. The summed E-state index contributed by atoms with van der Waals surface area (Å²) in [5.74, 6) is 0.608. The van der Waals surface area contributed by atoms with Gasteiger partial charge < -0.3 is 5.32 Å². The maximum absolute atomic E-state index is 12.4. The van der Waals surface area contributed by atoms with E-state index in [-0.39, 0.29) is 6.04 Å². The molecule has 0 unspecified atom stereocenters. The van der Waals surface area contributed by atoms with Crippen LogP contribution < -0.4 is 10.0 Å². The fourth-order valence-electron chi connectivity index (χ4n) is 2.54. The smallest absolute Gasteiger partial charge is 0.240 e. The zero-order chi connectivity index (χ0) is 15.5. The van der Waals surface area contributed by atoms with Gasteiger partial charge in [0.2, 0.25) is 10.0 Å². The second-order valence-corrected chi connectivity index (χ2v) is 7.95. The number of hydrogen-bond acceptors (Lipinski definition) is 3. The van der Waals surface area contributed by atoms with E-state index < -0.39 is 10.0 Å². The number of benzene rings is 1. The van der Waals surface area contributed by atoms with E-state index in [1.165, 1.54) is 0 Å². The van der Waals surface area contributed by atoms with Gasteiger partial charge in [-0.1, -0.05) is 25.4 Å². The summed E-state index contributed by atoms with van der Waals surface area (Å²) in [5, 5.41) is 3.83. The lowest BCUT2D eigenvalue weighted by molar-refractivity contribution is 0.270. The highest BCUT2D eigenvalue weighted by molar-refractivity contribution is 7.89. The summed E-state index contributed by atoms with van der Waals surface area (Å²) in [7, 11) is -3.45. The molecule has 0 heterocycles. The maximum Gasteiger partial charge on any atom is 0.240 e. The predicted octanol–water partition coefficient (Wildman–Crippen LogP) is 2.92. The van der Waals surface area contributed by atoms with Gasteiger partial charge in [-0.3, -0.25) is 0 Å². The van der Waals surface area contributed by atoms with Gasteiger partial charge in [-0.15, -0.1) is 0 Å². The van der Waals surface area contributed by atoms with Gasteiger partial charge in [0.15, 0.2) is 0 Å². The number of halogens is 1. The lowest BCUT2D eigenvalue weighted by atomic mass is 9.83. The average molecular weight is 331 g/mol. The van der Waals surface area contributed by atoms with Crippen LogP contribution >= 0.6 is 11.6 Å². The van der Waals surface area contributed by atoms with Gasteiger partial charge in [-0.2, -0.15) is 0 Å². The van der Waals surface area contributed by atoms with E-state index in [2.05, 4.69) is 23.9 Å². The molecule has 118 valence electrons. The number of nitrogens with one attached hydrogen (secondary N) is 2. The highest BCUT2D eigenvalue weighted by atomic mass is 35.5. The number of sulfonamides is 1. The van der Waals surface area contributed by atoms with Crippen LogP contribution in [0.1, 0.15) is 38.7 Å². The molecule has 2 N–H and O–H groups in total. The van der Waals surface area contributed by atoms with Crippen LogP contribution in [0.5, 0.6) is 0 Å². The summed E-state index contributed by atoms with van der Waals surface area (Å²) in [6, 6.07) is 4.95. The van der Waals surface area contributed by atoms with Crippen molar-refractivity contribution in [3.63, 3.8) is 0 Å². The molecule has 0 spiro atoms. The molecule has 0 aliphatic heterocycles. The van der Waals surface area contributed by atoms with E-state index >= 15 is 0 Å². The molecule has 1 aromatic rings. The van der Waals surface area contributed by atoms with Gasteiger partial charge in [0.1, 0.15) is 0 Å². The van der Waals surface area contributed by atoms with E-state index in [1.54, 1.807) is 18.2 Å². The van der Waals surface area contributed by atoms with Crippen molar-refractivity contribution < 1.29 is 8.42 Å². The largest absolute Gasteiger partial charge is 0.313 e. The first-order valence-corrected chi connectivity index (χ1v) is 9.30. The molecular weight excluding hydrogens is 308 g/mol. The fraction of sp³-hybridized carbons (Fsp3) is 0.600. The minimum absolute atomic E-state index is 0.0716. The molecule has 4 nitrogen and oxygen atoms in total. The summed E-state index contributed by atoms with van der Waals surface area (Å²) in [6.45, 7) is 5.67. The van der Waals surface area contributed by atoms with Crippen molar-refractivity contribution in [2.75, 3.05) is 6.54 Å². The van der Waals surface area contributed by atoms with Crippen molar-refractivity contribution in [2.45, 2.75) is 50.6 Å². The molecule has 21 heavy (non-hydrogen) atoms. The van der Waals surface area contributed by atoms with Crippen LogP contribution in [0.25, 0.3) is 0 Å². The van der Waals surface area contributed by atoms with Gasteiger partial charge in [-0.25, -0.2) is 13.1 Å². The van der Waals surface area contributed by atoms with Crippen molar-refractivity contribution in [3.05, 3.63) is 28.8 Å². The molecule has 6 heteroatoms. The second-order valence-electron chi connectivity index (χ2n) is 5.82. The molecule has 1 aromatic carbocycles. The van der Waals surface area contributed by atoms with Gasteiger partial charge in [0.25, 0.3) is 0 Å². The monoisotopic (exact) mass is 330 g/mol. The Morgan fingerprint density at radius 3 is 2.67 bits per heavy atom. The van der Waals surface area contributed by atoms with Crippen LogP contribution in [0.3, 0.4) is 0 Å². The van der Waals surface area contributed by atoms with Gasteiger partial charge >= 0.3 is 0 Å². The van der Waals surface area contributed by atoms with E-state index in [0.29, 0.717) is 22.4 Å². The summed E-state index contributed by atoms with van der Waals surface area (Å²) in [4.78, 5) is 0.291. The highest BCUT2D eigenvalue weighted by Crippen LogP contribution is 2.28. The molecular formula is C15H23ClN2O2S. The zero-order valence-corrected chi connectivity index (χ0v) is 14.1. The standard InChI is InChI=1S/C15H23ClN2O2S/c1-3-6-17-10-12-9-14(4-5-15(12)16)21(19,20)18-13-7-11(2)8-13/h4-5,9,11,13,17-18H,3,6-8,10H2,1-2H3. The van der Waals surface area contributed by atoms with Gasteiger partial charge in [-0.05, 0) is 55.5 Å². The van der Waals surface area contributed by atoms with Crippen LogP contribution in [0, 0.1) is 5.92 Å². The van der Waals surface area contributed by atoms with Crippen LogP contribution in [0.15, 0.2) is 23.1 Å². The highest BCUT2D eigenvalue weighted by Gasteiger charge is 2.29. The molecule has 0 atom stereocenters. The summed E-state index contributed by atoms with van der Waals surface area (Å²) in [5.41, 5.74) is 0.815. The minimum atomic E-state index is -3.45. The topological polar surface area (TPSA) is 58.2 Å². The molecule has 1 fully saturated rings. The Bertz CT molecular complexity index is 583. The SMILES string of the molecule is CCCNCc1cc(S(=O)(=O)NC2CC(C)C2)ccc1Cl. The number of rotatable bonds is 7. The molecule has 0 radical (unpaired) electrons. The molecule has 0 saturated heterocycles. The van der Waals surface area contributed by atoms with Crippen molar-refractivity contribution in [1.29, 1.82) is 0 Å². The first-order chi connectivity index (χ1) is 9.92. The van der Waals surface area contributed by atoms with Crippen molar-refractivity contribution >= 4 is 21.6 Å². The Morgan fingerprint density at radius 2 is 2.05 bits per heavy atom. The average Bonchev–Trinajstić information content (AvgIpc) is 2.39. The molecule has 1 aliphatic carbocycles. The van der Waals surface area contributed by atoms with Crippen molar-refractivity contribution in [3.8, 4) is 0 Å². The summed E-state index contributed by atoms with van der Waals surface area (Å²) in [6.07, 6.45) is 2.85. The quantitative estimate of drug-likeness (QED) is 0.756. The molecule has 0 aromatic heterocycles. The first kappa shape index (κ1) is 16.7. The van der Waals surface area contributed by atoms with Gasteiger partial charge in [0, 0.05) is 17.6 Å². The predicted molar refractivity (Wildman–Crippen MR) is 86.0 cm³/mol. The third kappa shape index (κ3) is 4.42. The lowest BCUT2D eigenvalue weighted by Gasteiger charge is -2.32. The Hall–Kier alpha value is -0.620. The molecule has 1 saturated carbocycles. The van der Waals surface area contributed by atoms with Crippen molar-refractivity contribution in [2.24, 2.45) is 5.92 Å². The third-order valence-corrected chi connectivity index (χ3v) is 5.65. The molecule has 0 amide bonds. The van der Waals surface area contributed by atoms with Crippen LogP contribution in [-0.2, 0) is 16.6 Å². The zero-order valence-electron chi connectivity index (χ0n) is 12.5. The Labute approximate surface area is 132 Å². The summed E-state index contributed by atoms with van der Waals surface area (Å²) >= 11 is 6.13. The first-order valence-electron chi connectivity index (χ1n) is 7.44. The second kappa shape index (κ2) is 7.09. The van der Waals surface area contributed by atoms with Crippen LogP contribution in [0.2, 0.25) is 5.02 Å².